The summed E-state index contributed by atoms with van der Waals surface area (Å²) in [4.78, 5) is 30.0. The van der Waals surface area contributed by atoms with E-state index in [0.29, 0.717) is 11.4 Å². The average molecular weight is 308 g/mol. The number of hydrogen-bond acceptors (Lipinski definition) is 3. The van der Waals surface area contributed by atoms with Crippen molar-refractivity contribution in [2.24, 2.45) is 0 Å². The summed E-state index contributed by atoms with van der Waals surface area (Å²) in [6.45, 7) is 0. The molecule has 92 valence electrons. The highest BCUT2D eigenvalue weighted by Gasteiger charge is 2.11. The molecule has 0 radical (unpaired) electrons. The van der Waals surface area contributed by atoms with Crippen molar-refractivity contribution >= 4 is 21.8 Å². The van der Waals surface area contributed by atoms with E-state index in [1.165, 1.54) is 13.1 Å². The van der Waals surface area contributed by atoms with Crippen LogP contribution >= 0.6 is 15.9 Å². The van der Waals surface area contributed by atoms with Crippen molar-refractivity contribution in [1.29, 1.82) is 0 Å². The van der Waals surface area contributed by atoms with Gasteiger partial charge in [-0.2, -0.15) is 0 Å². The van der Waals surface area contributed by atoms with E-state index in [9.17, 15) is 9.59 Å². The number of rotatable bonds is 2. The molecule has 0 unspecified atom stereocenters. The van der Waals surface area contributed by atoms with Gasteiger partial charge >= 0.3 is 0 Å². The Morgan fingerprint density at radius 3 is 2.78 bits per heavy atom. The van der Waals surface area contributed by atoms with Crippen LogP contribution in [0.4, 0.5) is 0 Å². The molecule has 6 heteroatoms. The largest absolute Gasteiger partial charge is 0.355 e. The first-order valence-electron chi connectivity index (χ1n) is 5.20. The number of aromatic amines is 1. The van der Waals surface area contributed by atoms with Gasteiger partial charge in [0.2, 0.25) is 0 Å². The first kappa shape index (κ1) is 12.5. The number of amides is 1. The van der Waals surface area contributed by atoms with Gasteiger partial charge in [0, 0.05) is 17.7 Å². The molecule has 0 aliphatic rings. The lowest BCUT2D eigenvalue weighted by Crippen LogP contribution is -2.26. The molecule has 0 fully saturated rings. The second kappa shape index (κ2) is 5.14. The van der Waals surface area contributed by atoms with Crippen LogP contribution in [-0.2, 0) is 0 Å². The van der Waals surface area contributed by atoms with Gasteiger partial charge in [0.1, 0.15) is 11.3 Å². The molecule has 2 aromatic rings. The summed E-state index contributed by atoms with van der Waals surface area (Å²) in [7, 11) is 1.48. The van der Waals surface area contributed by atoms with Gasteiger partial charge in [0.15, 0.2) is 0 Å². The second-order valence-electron chi connectivity index (χ2n) is 3.53. The topological polar surface area (TPSA) is 74.8 Å². The van der Waals surface area contributed by atoms with E-state index < -0.39 is 11.5 Å². The number of aromatic nitrogens is 2. The summed E-state index contributed by atoms with van der Waals surface area (Å²) >= 11 is 3.35. The maximum absolute atomic E-state index is 11.8. The van der Waals surface area contributed by atoms with Crippen molar-refractivity contribution in [2.45, 2.75) is 0 Å². The molecule has 0 saturated heterocycles. The number of nitrogens with one attached hydrogen (secondary N) is 2. The standard InChI is InChI=1S/C12H10BrN3O2/c1-14-11(17)7-4-5-9(16-12(7)18)10-8(13)3-2-6-15-10/h2-6H,1H3,(H,14,17)(H,16,18). The SMILES string of the molecule is CNC(=O)c1ccc(-c2ncccc2Br)[nH]c1=O. The van der Waals surface area contributed by atoms with Gasteiger partial charge in [-0.1, -0.05) is 0 Å². The van der Waals surface area contributed by atoms with Crippen LogP contribution in [-0.4, -0.2) is 22.9 Å². The van der Waals surface area contributed by atoms with E-state index >= 15 is 0 Å². The Morgan fingerprint density at radius 2 is 2.17 bits per heavy atom. The zero-order valence-electron chi connectivity index (χ0n) is 9.53. The van der Waals surface area contributed by atoms with Crippen LogP contribution in [0.1, 0.15) is 10.4 Å². The van der Waals surface area contributed by atoms with Crippen molar-refractivity contribution in [2.75, 3.05) is 7.05 Å². The summed E-state index contributed by atoms with van der Waals surface area (Å²) in [5, 5.41) is 2.41. The molecule has 0 atom stereocenters. The first-order valence-corrected chi connectivity index (χ1v) is 5.99. The predicted molar refractivity (Wildman–Crippen MR) is 71.4 cm³/mol. The van der Waals surface area contributed by atoms with E-state index in [1.807, 2.05) is 6.07 Å². The lowest BCUT2D eigenvalue weighted by Gasteiger charge is -2.04. The molecule has 5 nitrogen and oxygen atoms in total. The zero-order chi connectivity index (χ0) is 13.1. The first-order chi connectivity index (χ1) is 8.63. The molecule has 0 aliphatic carbocycles. The van der Waals surface area contributed by atoms with Gasteiger partial charge in [-0.25, -0.2) is 0 Å². The molecule has 0 saturated carbocycles. The maximum atomic E-state index is 11.8. The van der Waals surface area contributed by atoms with E-state index in [2.05, 4.69) is 31.2 Å². The highest BCUT2D eigenvalue weighted by molar-refractivity contribution is 9.10. The molecule has 2 aromatic heterocycles. The van der Waals surface area contributed by atoms with E-state index in [-0.39, 0.29) is 5.56 Å². The van der Waals surface area contributed by atoms with Crippen LogP contribution in [0.5, 0.6) is 0 Å². The monoisotopic (exact) mass is 307 g/mol. The Morgan fingerprint density at radius 1 is 1.39 bits per heavy atom. The van der Waals surface area contributed by atoms with E-state index in [0.717, 1.165) is 4.47 Å². The summed E-state index contributed by atoms with van der Waals surface area (Å²) < 4.78 is 0.772. The van der Waals surface area contributed by atoms with E-state index in [1.54, 1.807) is 18.3 Å². The Labute approximate surface area is 111 Å². The highest BCUT2D eigenvalue weighted by atomic mass is 79.9. The van der Waals surface area contributed by atoms with Crippen LogP contribution in [0.2, 0.25) is 0 Å². The Balaban J connectivity index is 2.51. The summed E-state index contributed by atoms with van der Waals surface area (Å²) in [6.07, 6.45) is 1.63. The summed E-state index contributed by atoms with van der Waals surface area (Å²) in [5.41, 5.74) is 0.816. The minimum Gasteiger partial charge on any atom is -0.355 e. The number of carbonyl (C=O) groups excluding carboxylic acids is 1. The quantitative estimate of drug-likeness (QED) is 0.884. The number of pyridine rings is 2. The Kier molecular flexibility index (Phi) is 3.57. The van der Waals surface area contributed by atoms with Gasteiger partial charge in [-0.3, -0.25) is 14.6 Å². The fourth-order valence-electron chi connectivity index (χ4n) is 1.51. The number of hydrogen-bond donors (Lipinski definition) is 2. The summed E-state index contributed by atoms with van der Waals surface area (Å²) in [6, 6.07) is 6.74. The van der Waals surface area contributed by atoms with Crippen LogP contribution in [0, 0.1) is 0 Å². The third-order valence-corrected chi connectivity index (χ3v) is 3.03. The zero-order valence-corrected chi connectivity index (χ0v) is 11.1. The molecule has 0 spiro atoms. The van der Waals surface area contributed by atoms with Crippen LogP contribution < -0.4 is 10.9 Å². The third-order valence-electron chi connectivity index (χ3n) is 2.39. The number of H-pyrrole nitrogens is 1. The highest BCUT2D eigenvalue weighted by Crippen LogP contribution is 2.22. The molecule has 2 N–H and O–H groups in total. The van der Waals surface area contributed by atoms with E-state index in [4.69, 9.17) is 0 Å². The lowest BCUT2D eigenvalue weighted by atomic mass is 10.2. The van der Waals surface area contributed by atoms with Crippen LogP contribution in [0.3, 0.4) is 0 Å². The van der Waals surface area contributed by atoms with Crippen molar-refractivity contribution < 1.29 is 4.79 Å². The van der Waals surface area contributed by atoms with Crippen molar-refractivity contribution in [3.05, 3.63) is 50.9 Å². The molecule has 1 amide bonds. The molecule has 2 rings (SSSR count). The van der Waals surface area contributed by atoms with Crippen molar-refractivity contribution in [3.8, 4) is 11.4 Å². The Bertz CT molecular complexity index is 652. The normalized spacial score (nSPS) is 10.1. The Hall–Kier alpha value is -1.95. The molecule has 0 aromatic carbocycles. The minimum absolute atomic E-state index is 0.0771. The van der Waals surface area contributed by atoms with Gasteiger partial charge in [0.25, 0.3) is 11.5 Å². The molecule has 0 bridgehead atoms. The maximum Gasteiger partial charge on any atom is 0.261 e. The third kappa shape index (κ3) is 2.33. The fourth-order valence-corrected chi connectivity index (χ4v) is 1.98. The molecule has 18 heavy (non-hydrogen) atoms. The second-order valence-corrected chi connectivity index (χ2v) is 4.38. The van der Waals surface area contributed by atoms with Crippen LogP contribution in [0.15, 0.2) is 39.7 Å². The lowest BCUT2D eigenvalue weighted by molar-refractivity contribution is 0.0961. The van der Waals surface area contributed by atoms with Crippen molar-refractivity contribution in [3.63, 3.8) is 0 Å². The van der Waals surface area contributed by atoms with Gasteiger partial charge in [0.05, 0.1) is 5.69 Å². The number of carbonyl (C=O) groups is 1. The molecular weight excluding hydrogens is 298 g/mol. The molecular formula is C12H10BrN3O2. The smallest absolute Gasteiger partial charge is 0.261 e. The molecule has 2 heterocycles. The number of halogens is 1. The van der Waals surface area contributed by atoms with Gasteiger partial charge < -0.3 is 10.3 Å². The molecule has 0 aliphatic heterocycles. The van der Waals surface area contributed by atoms with Gasteiger partial charge in [-0.05, 0) is 40.2 Å². The van der Waals surface area contributed by atoms with Crippen LogP contribution in [0.25, 0.3) is 11.4 Å². The van der Waals surface area contributed by atoms with Crippen molar-refractivity contribution in [1.82, 2.24) is 15.3 Å². The average Bonchev–Trinajstić information content (AvgIpc) is 2.38. The minimum atomic E-state index is -0.440. The predicted octanol–water partition coefficient (Wildman–Crippen LogP) is 1.56. The number of nitrogens with zero attached hydrogens (tertiary/aromatic N) is 1. The van der Waals surface area contributed by atoms with Gasteiger partial charge in [-0.15, -0.1) is 0 Å². The summed E-state index contributed by atoms with van der Waals surface area (Å²) in [5.74, 6) is -0.414. The fraction of sp³-hybridized carbons (Fsp3) is 0.0833.